The van der Waals surface area contributed by atoms with Crippen LogP contribution in [-0.4, -0.2) is 9.55 Å². The van der Waals surface area contributed by atoms with E-state index in [1.165, 1.54) is 10.8 Å². The average molecular weight is 245 g/mol. The van der Waals surface area contributed by atoms with Gasteiger partial charge in [-0.25, -0.2) is 4.98 Å². The van der Waals surface area contributed by atoms with Gasteiger partial charge in [0, 0.05) is 18.9 Å². The lowest BCUT2D eigenvalue weighted by Gasteiger charge is -2.10. The molecule has 0 saturated heterocycles. The van der Waals surface area contributed by atoms with Crippen molar-refractivity contribution in [1.82, 2.24) is 9.55 Å². The molecule has 1 heterocycles. The zero-order valence-electron chi connectivity index (χ0n) is 10.4. The number of nitrogens with two attached hydrogens (primary N) is 1. The lowest BCUT2D eigenvalue weighted by atomic mass is 10.2. The van der Waals surface area contributed by atoms with Crippen molar-refractivity contribution in [3.63, 3.8) is 0 Å². The molecule has 2 rings (SSSR count). The molecule has 0 fully saturated rings. The molecule has 0 aliphatic carbocycles. The van der Waals surface area contributed by atoms with Crippen LogP contribution in [0, 0.1) is 6.92 Å². The summed E-state index contributed by atoms with van der Waals surface area (Å²) in [7, 11) is 0. The molecule has 0 aliphatic heterocycles. The van der Waals surface area contributed by atoms with Crippen molar-refractivity contribution < 1.29 is 4.74 Å². The van der Waals surface area contributed by atoms with Crippen LogP contribution in [0.5, 0.6) is 11.6 Å². The smallest absolute Gasteiger partial charge is 0.313 e. The first-order valence-corrected chi connectivity index (χ1v) is 5.72. The summed E-state index contributed by atoms with van der Waals surface area (Å²) in [5, 5.41) is 0. The van der Waals surface area contributed by atoms with Gasteiger partial charge in [-0.2, -0.15) is 0 Å². The summed E-state index contributed by atoms with van der Waals surface area (Å²) in [4.78, 5) is 15.9. The third-order valence-electron chi connectivity index (χ3n) is 2.66. The highest BCUT2D eigenvalue weighted by molar-refractivity contribution is 5.57. The van der Waals surface area contributed by atoms with Crippen molar-refractivity contribution in [3.8, 4) is 11.6 Å². The number of aryl methyl sites for hydroxylation is 2. The number of anilines is 1. The Labute approximate surface area is 105 Å². The van der Waals surface area contributed by atoms with Crippen LogP contribution < -0.4 is 16.0 Å². The van der Waals surface area contributed by atoms with Gasteiger partial charge in [0.15, 0.2) is 5.75 Å². The second-order valence-electron chi connectivity index (χ2n) is 3.92. The Hall–Kier alpha value is -2.30. The molecule has 0 atom stereocenters. The summed E-state index contributed by atoms with van der Waals surface area (Å²) in [6, 6.07) is 5.43. The maximum absolute atomic E-state index is 12.0. The maximum Gasteiger partial charge on any atom is 0.313 e. The molecule has 18 heavy (non-hydrogen) atoms. The minimum absolute atomic E-state index is 0.0420. The number of nitrogen functional groups attached to an aromatic ring is 1. The highest BCUT2D eigenvalue weighted by Crippen LogP contribution is 2.28. The Kier molecular flexibility index (Phi) is 3.32. The first-order chi connectivity index (χ1) is 8.63. The number of nitrogens with zero attached hydrogens (tertiary/aromatic N) is 2. The van der Waals surface area contributed by atoms with E-state index in [2.05, 4.69) is 4.98 Å². The van der Waals surface area contributed by atoms with Crippen molar-refractivity contribution in [2.75, 3.05) is 5.73 Å². The van der Waals surface area contributed by atoms with Gasteiger partial charge in [-0.15, -0.1) is 0 Å². The van der Waals surface area contributed by atoms with E-state index in [1.807, 2.05) is 26.0 Å². The molecule has 0 aliphatic rings. The van der Waals surface area contributed by atoms with Crippen molar-refractivity contribution >= 4 is 5.69 Å². The first-order valence-electron chi connectivity index (χ1n) is 5.72. The van der Waals surface area contributed by atoms with Gasteiger partial charge >= 0.3 is 5.56 Å². The van der Waals surface area contributed by atoms with Gasteiger partial charge in [0.25, 0.3) is 5.88 Å². The highest BCUT2D eigenvalue weighted by Gasteiger charge is 2.10. The first kappa shape index (κ1) is 12.2. The van der Waals surface area contributed by atoms with Gasteiger partial charge in [-0.1, -0.05) is 12.1 Å². The Morgan fingerprint density at radius 2 is 2.22 bits per heavy atom. The van der Waals surface area contributed by atoms with Gasteiger partial charge in [-0.3, -0.25) is 4.79 Å². The molecule has 1 aromatic heterocycles. The molecule has 2 aromatic rings. The van der Waals surface area contributed by atoms with Gasteiger partial charge in [0.2, 0.25) is 0 Å². The largest absolute Gasteiger partial charge is 0.432 e. The number of hydrogen-bond acceptors (Lipinski definition) is 4. The second kappa shape index (κ2) is 4.91. The van der Waals surface area contributed by atoms with E-state index >= 15 is 0 Å². The molecule has 1 aromatic carbocycles. The molecule has 0 unspecified atom stereocenters. The Bertz CT molecular complexity index is 600. The summed E-state index contributed by atoms with van der Waals surface area (Å²) in [5.74, 6) is 0.524. The fourth-order valence-corrected chi connectivity index (χ4v) is 1.66. The third kappa shape index (κ3) is 2.20. The fraction of sp³-hybridized carbons (Fsp3) is 0.231. The van der Waals surface area contributed by atoms with E-state index in [9.17, 15) is 4.79 Å². The molecule has 0 bridgehead atoms. The lowest BCUT2D eigenvalue weighted by Crippen LogP contribution is -2.20. The van der Waals surface area contributed by atoms with Crippen LogP contribution in [0.1, 0.15) is 12.5 Å². The maximum atomic E-state index is 12.0. The van der Waals surface area contributed by atoms with Gasteiger partial charge in [-0.05, 0) is 25.5 Å². The van der Waals surface area contributed by atoms with E-state index < -0.39 is 0 Å². The van der Waals surface area contributed by atoms with Crippen LogP contribution in [0.15, 0.2) is 35.4 Å². The van der Waals surface area contributed by atoms with Crippen molar-refractivity contribution in [2.45, 2.75) is 20.4 Å². The predicted octanol–water partition coefficient (Wildman–Crippen LogP) is 1.95. The van der Waals surface area contributed by atoms with E-state index in [-0.39, 0.29) is 11.4 Å². The Balaban J connectivity index is 2.44. The normalized spacial score (nSPS) is 10.3. The molecule has 5 nitrogen and oxygen atoms in total. The molecule has 0 radical (unpaired) electrons. The van der Waals surface area contributed by atoms with Gasteiger partial charge < -0.3 is 15.0 Å². The average Bonchev–Trinajstić information content (AvgIpc) is 2.36. The monoisotopic (exact) mass is 245 g/mol. The van der Waals surface area contributed by atoms with Crippen LogP contribution >= 0.6 is 0 Å². The quantitative estimate of drug-likeness (QED) is 0.839. The fourth-order valence-electron chi connectivity index (χ4n) is 1.66. The third-order valence-corrected chi connectivity index (χ3v) is 2.66. The molecular weight excluding hydrogens is 230 g/mol. The lowest BCUT2D eigenvalue weighted by molar-refractivity contribution is 0.444. The van der Waals surface area contributed by atoms with Crippen LogP contribution in [0.4, 0.5) is 5.69 Å². The Morgan fingerprint density at radius 3 is 2.89 bits per heavy atom. The summed E-state index contributed by atoms with van der Waals surface area (Å²) >= 11 is 0. The standard InChI is InChI=1S/C13H15N3O2/c1-3-16-8-7-15-12(13(16)17)18-11-9(2)5-4-6-10(11)14/h4-8H,3,14H2,1-2H3. The zero-order chi connectivity index (χ0) is 13.1. The number of aromatic nitrogens is 2. The minimum atomic E-state index is -0.261. The molecule has 0 saturated carbocycles. The van der Waals surface area contributed by atoms with Crippen LogP contribution in [0.2, 0.25) is 0 Å². The van der Waals surface area contributed by atoms with E-state index in [1.54, 1.807) is 12.3 Å². The zero-order valence-corrected chi connectivity index (χ0v) is 10.4. The van der Waals surface area contributed by atoms with E-state index in [4.69, 9.17) is 10.5 Å². The van der Waals surface area contributed by atoms with Crippen molar-refractivity contribution in [2.24, 2.45) is 0 Å². The number of benzene rings is 1. The summed E-state index contributed by atoms with van der Waals surface area (Å²) in [6.45, 7) is 4.32. The number of rotatable bonds is 3. The van der Waals surface area contributed by atoms with Crippen LogP contribution in [0.3, 0.4) is 0 Å². The van der Waals surface area contributed by atoms with Crippen LogP contribution in [0.25, 0.3) is 0 Å². The van der Waals surface area contributed by atoms with Crippen LogP contribution in [-0.2, 0) is 6.54 Å². The van der Waals surface area contributed by atoms with E-state index in [0.29, 0.717) is 18.0 Å². The van der Waals surface area contributed by atoms with Gasteiger partial charge in [0.1, 0.15) is 0 Å². The molecule has 0 spiro atoms. The summed E-state index contributed by atoms with van der Waals surface area (Å²) in [6.07, 6.45) is 3.16. The molecule has 2 N–H and O–H groups in total. The summed E-state index contributed by atoms with van der Waals surface area (Å²) < 4.78 is 7.07. The number of hydrogen-bond donors (Lipinski definition) is 1. The topological polar surface area (TPSA) is 70.1 Å². The highest BCUT2D eigenvalue weighted by atomic mass is 16.5. The van der Waals surface area contributed by atoms with Crippen molar-refractivity contribution in [1.29, 1.82) is 0 Å². The van der Waals surface area contributed by atoms with Crippen molar-refractivity contribution in [3.05, 3.63) is 46.5 Å². The summed E-state index contributed by atoms with van der Waals surface area (Å²) in [5.41, 5.74) is 6.92. The molecule has 5 heteroatoms. The molecular formula is C13H15N3O2. The SMILES string of the molecule is CCn1ccnc(Oc2c(C)cccc2N)c1=O. The number of para-hydroxylation sites is 1. The van der Waals surface area contributed by atoms with Gasteiger partial charge in [0.05, 0.1) is 5.69 Å². The molecule has 94 valence electrons. The Morgan fingerprint density at radius 1 is 1.44 bits per heavy atom. The molecule has 0 amide bonds. The second-order valence-corrected chi connectivity index (χ2v) is 3.92. The minimum Gasteiger partial charge on any atom is -0.432 e. The number of ether oxygens (including phenoxy) is 1. The predicted molar refractivity (Wildman–Crippen MR) is 69.8 cm³/mol. The van der Waals surface area contributed by atoms with E-state index in [0.717, 1.165) is 5.56 Å².